The summed E-state index contributed by atoms with van der Waals surface area (Å²) >= 11 is 0. The normalized spacial score (nSPS) is 13.3. The van der Waals surface area contributed by atoms with Crippen molar-refractivity contribution < 1.29 is 34.2 Å². The first-order chi connectivity index (χ1) is 20.8. The Kier molecular flexibility index (Phi) is 14.1. The Morgan fingerprint density at radius 2 is 1.36 bits per heavy atom. The number of amides is 4. The van der Waals surface area contributed by atoms with Crippen molar-refractivity contribution in [3.05, 3.63) is 65.7 Å². The predicted molar refractivity (Wildman–Crippen MR) is 162 cm³/mol. The summed E-state index contributed by atoms with van der Waals surface area (Å²) < 4.78 is 0. The maximum atomic E-state index is 13.3. The van der Waals surface area contributed by atoms with E-state index in [0.29, 0.717) is 17.5 Å². The summed E-state index contributed by atoms with van der Waals surface area (Å²) in [5, 5.41) is 28.5. The molecule has 44 heavy (non-hydrogen) atoms. The number of hydrogen-bond acceptors (Lipinski definition) is 8. The number of hydrogen-bond donors (Lipinski definition) is 9. The zero-order valence-corrected chi connectivity index (χ0v) is 24.4. The molecule has 0 radical (unpaired) electrons. The van der Waals surface area contributed by atoms with Crippen LogP contribution in [0, 0.1) is 0 Å². The number of phenols is 1. The highest BCUT2D eigenvalue weighted by Gasteiger charge is 2.29. The number of rotatable bonds is 17. The zero-order chi connectivity index (χ0) is 32.6. The molecule has 15 heteroatoms. The van der Waals surface area contributed by atoms with Crippen molar-refractivity contribution in [3.8, 4) is 5.75 Å². The number of nitrogens with two attached hydrogens (primary N) is 3. The van der Waals surface area contributed by atoms with Crippen LogP contribution < -0.4 is 38.5 Å². The lowest BCUT2D eigenvalue weighted by atomic mass is 10.0. The van der Waals surface area contributed by atoms with E-state index in [0.717, 1.165) is 0 Å². The summed E-state index contributed by atoms with van der Waals surface area (Å²) in [6.45, 7) is 1.03. The van der Waals surface area contributed by atoms with Gasteiger partial charge in [0.2, 0.25) is 23.6 Å². The van der Waals surface area contributed by atoms with Crippen LogP contribution in [0.15, 0.2) is 59.6 Å². The molecular weight excluding hydrogens is 572 g/mol. The summed E-state index contributed by atoms with van der Waals surface area (Å²) in [6.07, 6.45) is 0.741. The van der Waals surface area contributed by atoms with E-state index in [4.69, 9.17) is 22.3 Å². The molecule has 0 saturated heterocycles. The van der Waals surface area contributed by atoms with Gasteiger partial charge in [0.15, 0.2) is 5.96 Å². The van der Waals surface area contributed by atoms with Crippen molar-refractivity contribution in [3.63, 3.8) is 0 Å². The van der Waals surface area contributed by atoms with Crippen molar-refractivity contribution in [2.24, 2.45) is 22.2 Å². The minimum Gasteiger partial charge on any atom is -0.508 e. The molecule has 0 aliphatic carbocycles. The third-order valence-electron chi connectivity index (χ3n) is 6.40. The minimum absolute atomic E-state index is 0.0150. The lowest BCUT2D eigenvalue weighted by Gasteiger charge is -2.24. The monoisotopic (exact) mass is 612 g/mol. The average molecular weight is 613 g/mol. The van der Waals surface area contributed by atoms with Gasteiger partial charge < -0.3 is 48.7 Å². The van der Waals surface area contributed by atoms with E-state index in [1.807, 2.05) is 0 Å². The van der Waals surface area contributed by atoms with Gasteiger partial charge in [0, 0.05) is 19.4 Å². The summed E-state index contributed by atoms with van der Waals surface area (Å²) in [5.41, 5.74) is 17.9. The fourth-order valence-electron chi connectivity index (χ4n) is 4.03. The molecule has 0 bridgehead atoms. The highest BCUT2D eigenvalue weighted by atomic mass is 16.4. The van der Waals surface area contributed by atoms with Crippen LogP contribution in [0.4, 0.5) is 0 Å². The summed E-state index contributed by atoms with van der Waals surface area (Å²) in [7, 11) is 0. The van der Waals surface area contributed by atoms with E-state index in [2.05, 4.69) is 26.3 Å². The number of phenolic OH excluding ortho intramolecular Hbond substituents is 1. The van der Waals surface area contributed by atoms with E-state index < -0.39 is 60.3 Å². The van der Waals surface area contributed by atoms with Gasteiger partial charge in [-0.25, -0.2) is 0 Å². The van der Waals surface area contributed by atoms with E-state index in [1.165, 1.54) is 19.1 Å². The number of carbonyl (C=O) groups is 5. The maximum absolute atomic E-state index is 13.3. The van der Waals surface area contributed by atoms with Gasteiger partial charge in [0.25, 0.3) is 0 Å². The number of nitrogens with one attached hydrogen (secondary N) is 4. The second kappa shape index (κ2) is 17.7. The molecule has 2 aromatic rings. The Morgan fingerprint density at radius 1 is 0.795 bits per heavy atom. The highest BCUT2D eigenvalue weighted by Crippen LogP contribution is 2.12. The molecule has 0 fully saturated rings. The quantitative estimate of drug-likeness (QED) is 0.0551. The van der Waals surface area contributed by atoms with Crippen LogP contribution in [0.3, 0.4) is 0 Å². The highest BCUT2D eigenvalue weighted by molar-refractivity contribution is 5.95. The molecule has 0 aliphatic rings. The Hall–Kier alpha value is -5.18. The fraction of sp³-hybridized carbons (Fsp3) is 0.379. The topological polar surface area (TPSA) is 264 Å². The second-order valence-corrected chi connectivity index (χ2v) is 10.1. The number of benzene rings is 2. The number of aliphatic imine (C=N–C) groups is 1. The number of carboxylic acids is 1. The van der Waals surface area contributed by atoms with Crippen LogP contribution in [0.25, 0.3) is 0 Å². The van der Waals surface area contributed by atoms with E-state index in [-0.39, 0.29) is 37.5 Å². The Bertz CT molecular complexity index is 1300. The summed E-state index contributed by atoms with van der Waals surface area (Å²) in [5.74, 6) is -4.05. The summed E-state index contributed by atoms with van der Waals surface area (Å²) in [4.78, 5) is 66.7. The third-order valence-corrected chi connectivity index (χ3v) is 6.40. The molecule has 238 valence electrons. The van der Waals surface area contributed by atoms with Gasteiger partial charge in [-0.05, 0) is 43.0 Å². The predicted octanol–water partition coefficient (Wildman–Crippen LogP) is -1.77. The van der Waals surface area contributed by atoms with Crippen molar-refractivity contribution in [2.45, 2.75) is 56.8 Å². The molecule has 0 spiro atoms. The van der Waals surface area contributed by atoms with Gasteiger partial charge in [0.05, 0.1) is 6.04 Å². The van der Waals surface area contributed by atoms with Gasteiger partial charge in [-0.1, -0.05) is 42.5 Å². The Balaban J connectivity index is 2.12. The van der Waals surface area contributed by atoms with E-state index in [9.17, 15) is 29.1 Å². The van der Waals surface area contributed by atoms with Crippen LogP contribution in [0.1, 0.15) is 30.9 Å². The van der Waals surface area contributed by atoms with Crippen LogP contribution in [0.2, 0.25) is 0 Å². The third kappa shape index (κ3) is 12.8. The molecule has 0 unspecified atom stereocenters. The fourth-order valence-corrected chi connectivity index (χ4v) is 4.03. The molecular formula is C29H40N8O7. The lowest BCUT2D eigenvalue weighted by Crippen LogP contribution is -2.57. The van der Waals surface area contributed by atoms with Crippen LogP contribution in [-0.2, 0) is 36.8 Å². The molecule has 4 amide bonds. The average Bonchev–Trinajstić information content (AvgIpc) is 2.98. The molecule has 0 heterocycles. The van der Waals surface area contributed by atoms with Crippen LogP contribution >= 0.6 is 0 Å². The first kappa shape index (κ1) is 35.0. The largest absolute Gasteiger partial charge is 0.508 e. The number of guanidine groups is 1. The van der Waals surface area contributed by atoms with Gasteiger partial charge >= 0.3 is 5.97 Å². The smallest absolute Gasteiger partial charge is 0.322 e. The lowest BCUT2D eigenvalue weighted by molar-refractivity contribution is -0.138. The van der Waals surface area contributed by atoms with Crippen molar-refractivity contribution in [1.82, 2.24) is 21.3 Å². The minimum atomic E-state index is -1.25. The zero-order valence-electron chi connectivity index (χ0n) is 24.4. The van der Waals surface area contributed by atoms with Crippen molar-refractivity contribution in [2.75, 3.05) is 13.1 Å². The van der Waals surface area contributed by atoms with Gasteiger partial charge in [-0.3, -0.25) is 29.0 Å². The van der Waals surface area contributed by atoms with Crippen molar-refractivity contribution in [1.29, 1.82) is 0 Å². The number of nitrogens with zero attached hydrogens (tertiary/aromatic N) is 1. The summed E-state index contributed by atoms with van der Waals surface area (Å²) in [6, 6.07) is 10.4. The maximum Gasteiger partial charge on any atom is 0.322 e. The Labute approximate surface area is 254 Å². The first-order valence-electron chi connectivity index (χ1n) is 13.9. The first-order valence-corrected chi connectivity index (χ1v) is 13.9. The number of carboxylic acid groups (broad SMARTS) is 1. The standard InChI is InChI=1S/C29H40N8O7/c1-17(25(41)36-22(27(43)34-16-24(39)40)14-18-6-3-2-4-7-18)35-28(44)23(15-19-9-11-20(38)12-10-19)37-26(42)21(30)8-5-13-33-29(31)32/h2-4,6-7,9-12,17,21-23,38H,5,8,13-16,30H2,1H3,(H,34,43)(H,35,44)(H,36,41)(H,37,42)(H,39,40)(H4,31,32,33)/t17-,21+,22+,23+/m1/s1. The second-order valence-electron chi connectivity index (χ2n) is 10.1. The van der Waals surface area contributed by atoms with Crippen LogP contribution in [0.5, 0.6) is 5.75 Å². The number of aliphatic carboxylic acids is 1. The van der Waals surface area contributed by atoms with Crippen LogP contribution in [-0.4, -0.2) is 83.0 Å². The molecule has 4 atom stereocenters. The molecule has 0 saturated carbocycles. The molecule has 2 aromatic carbocycles. The number of aromatic hydroxyl groups is 1. The molecule has 0 aliphatic heterocycles. The van der Waals surface area contributed by atoms with E-state index >= 15 is 0 Å². The SMILES string of the molecule is C[C@@H](NC(=O)[C@H](Cc1ccc(O)cc1)NC(=O)[C@@H](N)CCCN=C(N)N)C(=O)N[C@@H](Cc1ccccc1)C(=O)NCC(=O)O. The van der Waals surface area contributed by atoms with Gasteiger partial charge in [-0.15, -0.1) is 0 Å². The molecule has 2 rings (SSSR count). The Morgan fingerprint density at radius 3 is 1.95 bits per heavy atom. The molecule has 15 nitrogen and oxygen atoms in total. The van der Waals surface area contributed by atoms with Gasteiger partial charge in [-0.2, -0.15) is 0 Å². The van der Waals surface area contributed by atoms with E-state index in [1.54, 1.807) is 42.5 Å². The van der Waals surface area contributed by atoms with Crippen molar-refractivity contribution >= 4 is 35.6 Å². The van der Waals surface area contributed by atoms with Gasteiger partial charge in [0.1, 0.15) is 30.4 Å². The molecule has 0 aromatic heterocycles. The molecule has 12 N–H and O–H groups in total. The number of carbonyl (C=O) groups excluding carboxylic acids is 4.